The van der Waals surface area contributed by atoms with Crippen LogP contribution in [0.1, 0.15) is 6.17 Å². The second-order valence-corrected chi connectivity index (χ2v) is 7.74. The van der Waals surface area contributed by atoms with Gasteiger partial charge in [-0.15, -0.1) is 11.3 Å². The first kappa shape index (κ1) is 14.9. The summed E-state index contributed by atoms with van der Waals surface area (Å²) in [6.07, 6.45) is -0.422. The second kappa shape index (κ2) is 5.46. The van der Waals surface area contributed by atoms with Gasteiger partial charge in [-0.3, -0.25) is 9.36 Å². The fourth-order valence-electron chi connectivity index (χ4n) is 1.68. The van der Waals surface area contributed by atoms with E-state index in [1.54, 1.807) is 22.8 Å². The molecule has 0 fully saturated rings. The summed E-state index contributed by atoms with van der Waals surface area (Å²) in [5.41, 5.74) is 7.08. The molecule has 0 aliphatic carbocycles. The average molecular weight is 357 g/mol. The minimum absolute atomic E-state index is 0.467. The number of carbonyl (C=O) groups excluding carboxylic acids is 1. The lowest BCUT2D eigenvalue weighted by Gasteiger charge is -2.25. The molecule has 1 atom stereocenters. The molecule has 9 heteroatoms. The van der Waals surface area contributed by atoms with Gasteiger partial charge < -0.3 is 11.1 Å². The summed E-state index contributed by atoms with van der Waals surface area (Å²) in [4.78, 5) is 10.7. The van der Waals surface area contributed by atoms with Crippen molar-refractivity contribution in [1.82, 2.24) is 9.88 Å². The van der Waals surface area contributed by atoms with Crippen LogP contribution >= 0.6 is 58.4 Å². The summed E-state index contributed by atoms with van der Waals surface area (Å²) in [6.45, 7) is 0. The van der Waals surface area contributed by atoms with Gasteiger partial charge in [0, 0.05) is 5.69 Å². The predicted octanol–water partition coefficient (Wildman–Crippen LogP) is 3.63. The van der Waals surface area contributed by atoms with Gasteiger partial charge in [0.1, 0.15) is 0 Å². The van der Waals surface area contributed by atoms with E-state index in [0.717, 1.165) is 10.2 Å². The SMILES string of the molecule is Nc1ccc2c(c1)sc(=S)n2C(NC=O)C(Cl)(Cl)Cl. The molecular weight excluding hydrogens is 349 g/mol. The molecule has 1 aromatic heterocycles. The zero-order chi connectivity index (χ0) is 14.2. The maximum atomic E-state index is 10.7. The van der Waals surface area contributed by atoms with Crippen molar-refractivity contribution in [3.8, 4) is 0 Å². The van der Waals surface area contributed by atoms with Crippen molar-refractivity contribution in [2.75, 3.05) is 5.73 Å². The first-order chi connectivity index (χ1) is 8.84. The van der Waals surface area contributed by atoms with E-state index in [9.17, 15) is 4.79 Å². The minimum atomic E-state index is -1.73. The number of carbonyl (C=O) groups is 1. The number of nitrogens with two attached hydrogens (primary N) is 1. The van der Waals surface area contributed by atoms with Crippen molar-refractivity contribution in [3.05, 3.63) is 22.2 Å². The zero-order valence-corrected chi connectivity index (χ0v) is 13.2. The maximum absolute atomic E-state index is 10.7. The minimum Gasteiger partial charge on any atom is -0.399 e. The lowest BCUT2D eigenvalue weighted by atomic mass is 10.3. The van der Waals surface area contributed by atoms with Gasteiger partial charge in [0.05, 0.1) is 10.2 Å². The van der Waals surface area contributed by atoms with E-state index in [1.807, 2.05) is 0 Å². The van der Waals surface area contributed by atoms with Gasteiger partial charge in [-0.05, 0) is 30.4 Å². The zero-order valence-electron chi connectivity index (χ0n) is 9.27. The van der Waals surface area contributed by atoms with E-state index >= 15 is 0 Å². The van der Waals surface area contributed by atoms with Gasteiger partial charge in [-0.25, -0.2) is 0 Å². The summed E-state index contributed by atoms with van der Waals surface area (Å²) in [7, 11) is 0. The van der Waals surface area contributed by atoms with Crippen molar-refractivity contribution in [2.24, 2.45) is 0 Å². The molecule has 0 bridgehead atoms. The Kier molecular flexibility index (Phi) is 4.27. The Balaban J connectivity index is 2.69. The van der Waals surface area contributed by atoms with Crippen molar-refractivity contribution in [2.45, 2.75) is 9.96 Å². The number of thiazole rings is 1. The molecule has 0 saturated carbocycles. The first-order valence-corrected chi connectivity index (χ1v) is 7.37. The molecule has 1 unspecified atom stereocenters. The van der Waals surface area contributed by atoms with E-state index in [-0.39, 0.29) is 0 Å². The summed E-state index contributed by atoms with van der Waals surface area (Å²) in [5, 5.41) is 2.47. The van der Waals surface area contributed by atoms with Crippen molar-refractivity contribution >= 4 is 80.7 Å². The van der Waals surface area contributed by atoms with Crippen LogP contribution in [0, 0.1) is 3.95 Å². The van der Waals surface area contributed by atoms with Crippen LogP contribution in [0.15, 0.2) is 18.2 Å². The van der Waals surface area contributed by atoms with Gasteiger partial charge in [0.15, 0.2) is 10.1 Å². The Hall–Kier alpha value is -0.530. The third-order valence-corrected chi connectivity index (χ3v) is 4.42. The molecule has 2 rings (SSSR count). The van der Waals surface area contributed by atoms with Crippen LogP contribution in [-0.4, -0.2) is 14.8 Å². The second-order valence-electron chi connectivity index (χ2n) is 3.69. The summed E-state index contributed by atoms with van der Waals surface area (Å²) >= 11 is 24.3. The normalized spacial score (nSPS) is 13.4. The molecule has 3 N–H and O–H groups in total. The number of amides is 1. The molecular formula is C10H8Cl3N3OS2. The van der Waals surface area contributed by atoms with Crippen LogP contribution in [0.2, 0.25) is 0 Å². The van der Waals surface area contributed by atoms with E-state index in [2.05, 4.69) is 5.32 Å². The Labute approximate surface area is 133 Å². The third kappa shape index (κ3) is 2.98. The van der Waals surface area contributed by atoms with Gasteiger partial charge >= 0.3 is 0 Å². The smallest absolute Gasteiger partial charge is 0.229 e. The Morgan fingerprint density at radius 3 is 2.74 bits per heavy atom. The number of fused-ring (bicyclic) bond motifs is 1. The molecule has 0 spiro atoms. The van der Waals surface area contributed by atoms with Gasteiger partial charge in [-0.1, -0.05) is 34.8 Å². The van der Waals surface area contributed by atoms with Crippen LogP contribution < -0.4 is 11.1 Å². The van der Waals surface area contributed by atoms with Crippen LogP contribution in [-0.2, 0) is 4.79 Å². The highest BCUT2D eigenvalue weighted by molar-refractivity contribution is 7.73. The number of hydrogen-bond acceptors (Lipinski definition) is 4. The lowest BCUT2D eigenvalue weighted by Crippen LogP contribution is -2.35. The quantitative estimate of drug-likeness (QED) is 0.382. The maximum Gasteiger partial charge on any atom is 0.229 e. The average Bonchev–Trinajstić information content (AvgIpc) is 2.59. The van der Waals surface area contributed by atoms with Crippen LogP contribution in [0.25, 0.3) is 10.2 Å². The van der Waals surface area contributed by atoms with Crippen molar-refractivity contribution in [3.63, 3.8) is 0 Å². The highest BCUT2D eigenvalue weighted by atomic mass is 35.6. The molecule has 102 valence electrons. The summed E-state index contributed by atoms with van der Waals surface area (Å²) in [5.74, 6) is 0. The molecule has 0 aliphatic rings. The fraction of sp³-hybridized carbons (Fsp3) is 0.200. The number of nitrogen functional groups attached to an aromatic ring is 1. The number of nitrogens with one attached hydrogen (secondary N) is 1. The van der Waals surface area contributed by atoms with E-state index in [4.69, 9.17) is 52.8 Å². The topological polar surface area (TPSA) is 60.0 Å². The summed E-state index contributed by atoms with van der Waals surface area (Å²) < 4.78 is 1.20. The molecule has 1 aromatic carbocycles. The Morgan fingerprint density at radius 1 is 1.47 bits per heavy atom. The molecule has 4 nitrogen and oxygen atoms in total. The van der Waals surface area contributed by atoms with Gasteiger partial charge in [0.25, 0.3) is 0 Å². The number of rotatable bonds is 3. The highest BCUT2D eigenvalue weighted by Gasteiger charge is 2.35. The molecule has 19 heavy (non-hydrogen) atoms. The first-order valence-electron chi connectivity index (χ1n) is 5.01. The molecule has 0 saturated heterocycles. The van der Waals surface area contributed by atoms with Crippen molar-refractivity contribution < 1.29 is 4.79 Å². The molecule has 0 radical (unpaired) electrons. The Morgan fingerprint density at radius 2 is 2.16 bits per heavy atom. The number of alkyl halides is 3. The monoisotopic (exact) mass is 355 g/mol. The number of benzene rings is 1. The van der Waals surface area contributed by atoms with Gasteiger partial charge in [0.2, 0.25) is 10.2 Å². The third-order valence-electron chi connectivity index (χ3n) is 2.43. The molecule has 1 heterocycles. The highest BCUT2D eigenvalue weighted by Crippen LogP contribution is 2.39. The molecule has 1 amide bonds. The van der Waals surface area contributed by atoms with Crippen LogP contribution in [0.5, 0.6) is 0 Å². The summed E-state index contributed by atoms with van der Waals surface area (Å²) in [6, 6.07) is 5.27. The standard InChI is InChI=1S/C10H8Cl3N3OS2/c11-10(12,13)8(15-4-17)16-6-2-1-5(14)3-7(6)19-9(16)18/h1-4,8H,14H2,(H,15,17). The molecule has 0 aliphatic heterocycles. The van der Waals surface area contributed by atoms with Crippen LogP contribution in [0.3, 0.4) is 0 Å². The largest absolute Gasteiger partial charge is 0.399 e. The number of hydrogen-bond donors (Lipinski definition) is 2. The molecule has 2 aromatic rings. The van der Waals surface area contributed by atoms with Crippen LogP contribution in [0.4, 0.5) is 5.69 Å². The number of anilines is 1. The number of halogens is 3. The Bertz CT molecular complexity index is 677. The lowest BCUT2D eigenvalue weighted by molar-refractivity contribution is -0.110. The van der Waals surface area contributed by atoms with Gasteiger partial charge in [-0.2, -0.15) is 0 Å². The number of nitrogens with zero attached hydrogens (tertiary/aromatic N) is 1. The fourth-order valence-corrected chi connectivity index (χ4v) is 3.59. The number of aromatic nitrogens is 1. The van der Waals surface area contributed by atoms with E-state index in [1.165, 1.54) is 11.3 Å². The van der Waals surface area contributed by atoms with E-state index < -0.39 is 9.96 Å². The predicted molar refractivity (Wildman–Crippen MR) is 83.6 cm³/mol. The van der Waals surface area contributed by atoms with Crippen molar-refractivity contribution in [1.29, 1.82) is 0 Å². The van der Waals surface area contributed by atoms with E-state index in [0.29, 0.717) is 16.1 Å².